The third-order valence-electron chi connectivity index (χ3n) is 5.71. The van der Waals surface area contributed by atoms with Crippen molar-refractivity contribution in [2.75, 3.05) is 52.5 Å². The Kier molecular flexibility index (Phi) is 6.50. The van der Waals surface area contributed by atoms with E-state index >= 15 is 0 Å². The molecule has 4 heteroatoms. The average Bonchev–Trinajstić information content (AvgIpc) is 2.62. The zero-order valence-corrected chi connectivity index (χ0v) is 15.9. The van der Waals surface area contributed by atoms with Crippen LogP contribution in [0.4, 0.5) is 0 Å². The molecule has 0 amide bonds. The normalized spacial score (nSPS) is 27.3. The number of rotatable bonds is 7. The van der Waals surface area contributed by atoms with Gasteiger partial charge in [-0.25, -0.2) is 0 Å². The quantitative estimate of drug-likeness (QED) is 0.770. The Bertz CT molecular complexity index is 514. The Balaban J connectivity index is 1.53. The van der Waals surface area contributed by atoms with Crippen LogP contribution < -0.4 is 5.32 Å². The Morgan fingerprint density at radius 2 is 1.80 bits per heavy atom. The lowest BCUT2D eigenvalue weighted by Gasteiger charge is -2.45. The van der Waals surface area contributed by atoms with E-state index in [1.807, 2.05) is 0 Å². The second-order valence-corrected chi connectivity index (χ2v) is 8.14. The molecule has 4 nitrogen and oxygen atoms in total. The molecule has 1 aromatic rings. The predicted molar refractivity (Wildman–Crippen MR) is 102 cm³/mol. The van der Waals surface area contributed by atoms with Gasteiger partial charge in [0.05, 0.1) is 18.8 Å². The Morgan fingerprint density at radius 1 is 1.04 bits per heavy atom. The Labute approximate surface area is 152 Å². The van der Waals surface area contributed by atoms with Crippen LogP contribution in [0.5, 0.6) is 0 Å². The second-order valence-electron chi connectivity index (χ2n) is 8.14. The lowest BCUT2D eigenvalue weighted by atomic mass is 9.67. The minimum atomic E-state index is -0.0398. The third-order valence-corrected chi connectivity index (χ3v) is 5.71. The molecule has 2 saturated heterocycles. The van der Waals surface area contributed by atoms with Crippen LogP contribution >= 0.6 is 0 Å². The van der Waals surface area contributed by atoms with Gasteiger partial charge >= 0.3 is 0 Å². The summed E-state index contributed by atoms with van der Waals surface area (Å²) < 4.78 is 11.4. The maximum absolute atomic E-state index is 6.01. The molecule has 0 aromatic heterocycles. The summed E-state index contributed by atoms with van der Waals surface area (Å²) in [6.45, 7) is 12.5. The zero-order valence-electron chi connectivity index (χ0n) is 15.9. The third kappa shape index (κ3) is 5.27. The number of morpholine rings is 1. The molecular weight excluding hydrogens is 312 g/mol. The molecule has 2 heterocycles. The van der Waals surface area contributed by atoms with E-state index in [1.165, 1.54) is 12.0 Å². The van der Waals surface area contributed by atoms with Crippen LogP contribution in [0.3, 0.4) is 0 Å². The summed E-state index contributed by atoms with van der Waals surface area (Å²) in [5.74, 6) is 0. The highest BCUT2D eigenvalue weighted by molar-refractivity contribution is 5.27. The smallest absolute Gasteiger partial charge is 0.0635 e. The van der Waals surface area contributed by atoms with Gasteiger partial charge in [-0.3, -0.25) is 4.90 Å². The summed E-state index contributed by atoms with van der Waals surface area (Å²) in [6.07, 6.45) is 3.38. The van der Waals surface area contributed by atoms with Crippen molar-refractivity contribution in [2.24, 2.45) is 0 Å². The largest absolute Gasteiger partial charge is 0.379 e. The van der Waals surface area contributed by atoms with E-state index in [4.69, 9.17) is 9.47 Å². The fourth-order valence-electron chi connectivity index (χ4n) is 4.39. The van der Waals surface area contributed by atoms with Crippen molar-refractivity contribution in [3.8, 4) is 0 Å². The highest BCUT2D eigenvalue weighted by Gasteiger charge is 2.41. The van der Waals surface area contributed by atoms with Gasteiger partial charge in [0.25, 0.3) is 0 Å². The van der Waals surface area contributed by atoms with Crippen molar-refractivity contribution in [1.29, 1.82) is 0 Å². The molecule has 0 bridgehead atoms. The molecule has 2 aliphatic rings. The molecule has 1 atom stereocenters. The van der Waals surface area contributed by atoms with Crippen LogP contribution in [0.15, 0.2) is 30.3 Å². The average molecular weight is 347 g/mol. The maximum Gasteiger partial charge on any atom is 0.0635 e. The van der Waals surface area contributed by atoms with E-state index in [9.17, 15) is 0 Å². The van der Waals surface area contributed by atoms with Crippen LogP contribution in [-0.4, -0.2) is 63.0 Å². The number of hydrogen-bond acceptors (Lipinski definition) is 4. The van der Waals surface area contributed by atoms with Crippen LogP contribution in [0.1, 0.15) is 38.7 Å². The monoisotopic (exact) mass is 346 g/mol. The first-order valence-electron chi connectivity index (χ1n) is 9.80. The summed E-state index contributed by atoms with van der Waals surface area (Å²) in [7, 11) is 0. The minimum Gasteiger partial charge on any atom is -0.379 e. The molecule has 0 aliphatic carbocycles. The first-order valence-corrected chi connectivity index (χ1v) is 9.80. The van der Waals surface area contributed by atoms with Gasteiger partial charge in [-0.05, 0) is 45.2 Å². The molecule has 1 N–H and O–H groups in total. The number of hydrogen-bond donors (Lipinski definition) is 1. The summed E-state index contributed by atoms with van der Waals surface area (Å²) in [6, 6.07) is 11.1. The highest BCUT2D eigenvalue weighted by Crippen LogP contribution is 2.43. The summed E-state index contributed by atoms with van der Waals surface area (Å²) in [5.41, 5.74) is 1.66. The van der Waals surface area contributed by atoms with Crippen molar-refractivity contribution in [1.82, 2.24) is 10.2 Å². The Hall–Kier alpha value is -0.940. The number of ether oxygens (including phenoxy) is 2. The van der Waals surface area contributed by atoms with E-state index in [-0.39, 0.29) is 11.0 Å². The number of nitrogens with zero attached hydrogens (tertiary/aromatic N) is 1. The lowest BCUT2D eigenvalue weighted by molar-refractivity contribution is -0.0840. The number of nitrogens with one attached hydrogen (secondary N) is 1. The van der Waals surface area contributed by atoms with Crippen LogP contribution in [0.2, 0.25) is 0 Å². The lowest BCUT2D eigenvalue weighted by Crippen LogP contribution is -2.46. The molecule has 140 valence electrons. The molecular formula is C21H34N2O2. The van der Waals surface area contributed by atoms with Gasteiger partial charge in [-0.1, -0.05) is 30.3 Å². The van der Waals surface area contributed by atoms with E-state index < -0.39 is 0 Å². The van der Waals surface area contributed by atoms with Crippen molar-refractivity contribution in [3.05, 3.63) is 35.9 Å². The molecule has 0 radical (unpaired) electrons. The van der Waals surface area contributed by atoms with Crippen LogP contribution in [0.25, 0.3) is 0 Å². The fraction of sp³-hybridized carbons (Fsp3) is 0.714. The highest BCUT2D eigenvalue weighted by atomic mass is 16.5. The van der Waals surface area contributed by atoms with E-state index in [2.05, 4.69) is 54.4 Å². The fourth-order valence-corrected chi connectivity index (χ4v) is 4.39. The molecule has 25 heavy (non-hydrogen) atoms. The standard InChI is InChI=1S/C21H34N2O2/c1-20(2)18-21(9-15-25-20,19-6-4-3-5-7-19)8-10-22-11-12-23-13-16-24-17-14-23/h3-7,22H,8-18H2,1-2H3. The maximum atomic E-state index is 6.01. The van der Waals surface area contributed by atoms with Gasteiger partial charge < -0.3 is 14.8 Å². The minimum absolute atomic E-state index is 0.0398. The van der Waals surface area contributed by atoms with Crippen LogP contribution in [-0.2, 0) is 14.9 Å². The molecule has 1 unspecified atom stereocenters. The topological polar surface area (TPSA) is 33.7 Å². The van der Waals surface area contributed by atoms with Gasteiger partial charge in [0.15, 0.2) is 0 Å². The zero-order chi connectivity index (χ0) is 17.6. The predicted octanol–water partition coefficient (Wildman–Crippen LogP) is 2.83. The SMILES string of the molecule is CC1(C)CC(CCNCCN2CCOCC2)(c2ccccc2)CCO1. The van der Waals surface area contributed by atoms with Crippen molar-refractivity contribution >= 4 is 0 Å². The van der Waals surface area contributed by atoms with E-state index in [1.54, 1.807) is 0 Å². The molecule has 2 aliphatic heterocycles. The summed E-state index contributed by atoms with van der Waals surface area (Å²) >= 11 is 0. The van der Waals surface area contributed by atoms with E-state index in [0.29, 0.717) is 0 Å². The summed E-state index contributed by atoms with van der Waals surface area (Å²) in [5, 5.41) is 3.68. The van der Waals surface area contributed by atoms with Crippen molar-refractivity contribution < 1.29 is 9.47 Å². The van der Waals surface area contributed by atoms with Gasteiger partial charge in [-0.15, -0.1) is 0 Å². The van der Waals surface area contributed by atoms with Crippen LogP contribution in [0, 0.1) is 0 Å². The first-order chi connectivity index (χ1) is 12.1. The van der Waals surface area contributed by atoms with E-state index in [0.717, 1.165) is 65.4 Å². The molecule has 0 spiro atoms. The van der Waals surface area contributed by atoms with Gasteiger partial charge in [0.2, 0.25) is 0 Å². The number of benzene rings is 1. The molecule has 3 rings (SSSR count). The molecule has 1 aromatic carbocycles. The van der Waals surface area contributed by atoms with Crippen molar-refractivity contribution in [2.45, 2.75) is 44.1 Å². The van der Waals surface area contributed by atoms with Crippen molar-refractivity contribution in [3.63, 3.8) is 0 Å². The molecule has 2 fully saturated rings. The van der Waals surface area contributed by atoms with Gasteiger partial charge in [-0.2, -0.15) is 0 Å². The van der Waals surface area contributed by atoms with Gasteiger partial charge in [0, 0.05) is 38.2 Å². The Morgan fingerprint density at radius 3 is 2.52 bits per heavy atom. The van der Waals surface area contributed by atoms with Gasteiger partial charge in [0.1, 0.15) is 0 Å². The second kappa shape index (κ2) is 8.63. The first kappa shape index (κ1) is 18.8. The molecule has 0 saturated carbocycles. The summed E-state index contributed by atoms with van der Waals surface area (Å²) in [4.78, 5) is 2.49.